The van der Waals surface area contributed by atoms with E-state index >= 15 is 0 Å². The molecule has 0 atom stereocenters. The van der Waals surface area contributed by atoms with Crippen molar-refractivity contribution in [1.82, 2.24) is 4.98 Å². The van der Waals surface area contributed by atoms with E-state index in [0.717, 1.165) is 29.0 Å². The molecule has 0 radical (unpaired) electrons. The van der Waals surface area contributed by atoms with Crippen LogP contribution in [0.4, 0.5) is 5.69 Å². The molecule has 0 spiro atoms. The van der Waals surface area contributed by atoms with E-state index in [4.69, 9.17) is 16.3 Å². The third kappa shape index (κ3) is 4.75. The standard InChI is InChI=1S/C23H21BrClN3O2/c1-3-5-16-7-6-14(10-20(16)25)12-27-21-17-8-15(11-26)9-19(24)22(17)28-13-18(21)23(29)30-4-2/h6-10,13H,3-5,12H2,1-2H3,(H,27,28). The predicted octanol–water partition coefficient (Wildman–Crippen LogP) is 6.26. The molecule has 0 saturated carbocycles. The highest BCUT2D eigenvalue weighted by atomic mass is 79.9. The molecule has 154 valence electrons. The topological polar surface area (TPSA) is 75.0 Å². The number of carbonyl (C=O) groups excluding carboxylic acids is 1. The van der Waals surface area contributed by atoms with Crippen molar-refractivity contribution in [2.24, 2.45) is 0 Å². The van der Waals surface area contributed by atoms with Crippen molar-refractivity contribution in [2.45, 2.75) is 33.2 Å². The fourth-order valence-electron chi connectivity index (χ4n) is 3.24. The monoisotopic (exact) mass is 485 g/mol. The largest absolute Gasteiger partial charge is 0.462 e. The summed E-state index contributed by atoms with van der Waals surface area (Å²) >= 11 is 9.88. The van der Waals surface area contributed by atoms with Crippen LogP contribution in [0.2, 0.25) is 5.02 Å². The minimum atomic E-state index is -0.468. The van der Waals surface area contributed by atoms with Crippen molar-refractivity contribution in [2.75, 3.05) is 11.9 Å². The van der Waals surface area contributed by atoms with Crippen LogP contribution in [-0.4, -0.2) is 17.6 Å². The number of hydrogen-bond acceptors (Lipinski definition) is 5. The Balaban J connectivity index is 2.04. The second-order valence-electron chi connectivity index (χ2n) is 6.76. The maximum Gasteiger partial charge on any atom is 0.341 e. The molecule has 1 heterocycles. The molecule has 0 aliphatic carbocycles. The minimum Gasteiger partial charge on any atom is -0.462 e. The number of rotatable bonds is 7. The first-order valence-corrected chi connectivity index (χ1v) is 10.9. The van der Waals surface area contributed by atoms with Gasteiger partial charge in [-0.2, -0.15) is 5.26 Å². The van der Waals surface area contributed by atoms with Gasteiger partial charge in [0.15, 0.2) is 0 Å². The van der Waals surface area contributed by atoms with Gasteiger partial charge in [0.25, 0.3) is 0 Å². The summed E-state index contributed by atoms with van der Waals surface area (Å²) in [5.41, 5.74) is 4.11. The maximum absolute atomic E-state index is 12.5. The fraction of sp³-hybridized carbons (Fsp3) is 0.261. The molecule has 0 aliphatic heterocycles. The number of halogens is 2. The normalized spacial score (nSPS) is 10.6. The lowest BCUT2D eigenvalue weighted by Gasteiger charge is -2.15. The molecule has 0 aliphatic rings. The summed E-state index contributed by atoms with van der Waals surface area (Å²) in [5.74, 6) is -0.468. The Hall–Kier alpha value is -2.62. The molecule has 2 aromatic carbocycles. The van der Waals surface area contributed by atoms with Crippen molar-refractivity contribution in [3.05, 3.63) is 68.3 Å². The first-order valence-electron chi connectivity index (χ1n) is 9.69. The van der Waals surface area contributed by atoms with Gasteiger partial charge in [-0.25, -0.2) is 4.79 Å². The summed E-state index contributed by atoms with van der Waals surface area (Å²) in [6.07, 6.45) is 3.45. The van der Waals surface area contributed by atoms with E-state index in [1.807, 2.05) is 18.2 Å². The number of anilines is 1. The molecule has 3 rings (SSSR count). The van der Waals surface area contributed by atoms with Crippen molar-refractivity contribution in [3.8, 4) is 6.07 Å². The van der Waals surface area contributed by atoms with Crippen LogP contribution in [0.25, 0.3) is 10.9 Å². The van der Waals surface area contributed by atoms with Gasteiger partial charge in [0.05, 0.1) is 29.4 Å². The summed E-state index contributed by atoms with van der Waals surface area (Å²) in [6, 6.07) is 11.6. The number of fused-ring (bicyclic) bond motifs is 1. The number of aromatic nitrogens is 1. The molecule has 0 bridgehead atoms. The Bertz CT molecular complexity index is 1140. The first kappa shape index (κ1) is 22.1. The van der Waals surface area contributed by atoms with E-state index in [0.29, 0.717) is 38.7 Å². The van der Waals surface area contributed by atoms with Gasteiger partial charge >= 0.3 is 5.97 Å². The zero-order chi connectivity index (χ0) is 21.7. The van der Waals surface area contributed by atoms with E-state index in [9.17, 15) is 10.1 Å². The third-order valence-electron chi connectivity index (χ3n) is 4.66. The Labute approximate surface area is 189 Å². The van der Waals surface area contributed by atoms with Crippen molar-refractivity contribution < 1.29 is 9.53 Å². The number of ether oxygens (including phenoxy) is 1. The molecule has 1 aromatic heterocycles. The summed E-state index contributed by atoms with van der Waals surface area (Å²) in [5, 5.41) is 14.1. The molecule has 0 saturated heterocycles. The lowest BCUT2D eigenvalue weighted by Crippen LogP contribution is -2.11. The zero-order valence-electron chi connectivity index (χ0n) is 16.8. The highest BCUT2D eigenvalue weighted by Gasteiger charge is 2.18. The van der Waals surface area contributed by atoms with Crippen LogP contribution in [0.3, 0.4) is 0 Å². The van der Waals surface area contributed by atoms with Gasteiger partial charge in [-0.05, 0) is 58.6 Å². The molecule has 30 heavy (non-hydrogen) atoms. The van der Waals surface area contributed by atoms with E-state index in [1.165, 1.54) is 6.20 Å². The number of nitriles is 1. The number of pyridine rings is 1. The summed E-state index contributed by atoms with van der Waals surface area (Å²) in [7, 11) is 0. The van der Waals surface area contributed by atoms with Gasteiger partial charge in [-0.15, -0.1) is 0 Å². The van der Waals surface area contributed by atoms with E-state index in [2.05, 4.69) is 39.2 Å². The van der Waals surface area contributed by atoms with Crippen molar-refractivity contribution >= 4 is 50.1 Å². The highest BCUT2D eigenvalue weighted by Crippen LogP contribution is 2.33. The Kier molecular flexibility index (Phi) is 7.30. The molecule has 1 N–H and O–H groups in total. The summed E-state index contributed by atoms with van der Waals surface area (Å²) in [4.78, 5) is 16.9. The SMILES string of the molecule is CCCc1ccc(CNc2c(C(=O)OCC)cnc3c(Br)cc(C#N)cc23)cc1Cl. The lowest BCUT2D eigenvalue weighted by atomic mass is 10.1. The fourth-order valence-corrected chi connectivity index (χ4v) is 4.10. The minimum absolute atomic E-state index is 0.257. The van der Waals surface area contributed by atoms with Crippen molar-refractivity contribution in [3.63, 3.8) is 0 Å². The van der Waals surface area contributed by atoms with Gasteiger partial charge in [-0.1, -0.05) is 37.1 Å². The summed E-state index contributed by atoms with van der Waals surface area (Å²) < 4.78 is 5.88. The number of nitrogens with one attached hydrogen (secondary N) is 1. The molecule has 0 unspecified atom stereocenters. The van der Waals surface area contributed by atoms with Crippen LogP contribution in [0.1, 0.15) is 47.3 Å². The maximum atomic E-state index is 12.5. The number of benzene rings is 2. The van der Waals surface area contributed by atoms with Crippen LogP contribution < -0.4 is 5.32 Å². The van der Waals surface area contributed by atoms with Gasteiger partial charge in [0.2, 0.25) is 0 Å². The van der Waals surface area contributed by atoms with Crippen LogP contribution in [0.5, 0.6) is 0 Å². The number of nitrogens with zero attached hydrogens (tertiary/aromatic N) is 2. The smallest absolute Gasteiger partial charge is 0.341 e. The molecule has 3 aromatic rings. The first-order chi connectivity index (χ1) is 14.5. The third-order valence-corrected chi connectivity index (χ3v) is 5.61. The number of esters is 1. The van der Waals surface area contributed by atoms with Crippen LogP contribution in [0.15, 0.2) is 41.0 Å². The average molecular weight is 487 g/mol. The molecule has 5 nitrogen and oxygen atoms in total. The van der Waals surface area contributed by atoms with E-state index in [1.54, 1.807) is 19.1 Å². The van der Waals surface area contributed by atoms with E-state index < -0.39 is 5.97 Å². The molecule has 7 heteroatoms. The van der Waals surface area contributed by atoms with Gasteiger partial charge < -0.3 is 10.1 Å². The second kappa shape index (κ2) is 9.92. The van der Waals surface area contributed by atoms with Gasteiger partial charge in [0, 0.05) is 27.6 Å². The molecular weight excluding hydrogens is 466 g/mol. The van der Waals surface area contributed by atoms with E-state index in [-0.39, 0.29) is 6.61 Å². The Morgan fingerprint density at radius 1 is 1.30 bits per heavy atom. The number of carbonyl (C=O) groups is 1. The number of aryl methyl sites for hydroxylation is 1. The van der Waals surface area contributed by atoms with Gasteiger partial charge in [-0.3, -0.25) is 4.98 Å². The number of hydrogen-bond donors (Lipinski definition) is 1. The van der Waals surface area contributed by atoms with Crippen molar-refractivity contribution in [1.29, 1.82) is 5.26 Å². The predicted molar refractivity (Wildman–Crippen MR) is 123 cm³/mol. The molecule has 0 amide bonds. The second-order valence-corrected chi connectivity index (χ2v) is 8.02. The molecule has 0 fully saturated rings. The van der Waals surface area contributed by atoms with Crippen LogP contribution in [-0.2, 0) is 17.7 Å². The Morgan fingerprint density at radius 3 is 2.77 bits per heavy atom. The summed E-state index contributed by atoms with van der Waals surface area (Å²) in [6.45, 7) is 4.58. The Morgan fingerprint density at radius 2 is 2.10 bits per heavy atom. The van der Waals surface area contributed by atoms with Crippen LogP contribution in [0, 0.1) is 11.3 Å². The van der Waals surface area contributed by atoms with Gasteiger partial charge in [0.1, 0.15) is 5.56 Å². The van der Waals surface area contributed by atoms with Crippen LogP contribution >= 0.6 is 27.5 Å². The zero-order valence-corrected chi connectivity index (χ0v) is 19.1. The average Bonchev–Trinajstić information content (AvgIpc) is 2.73. The quantitative estimate of drug-likeness (QED) is 0.399. The highest BCUT2D eigenvalue weighted by molar-refractivity contribution is 9.10. The molecular formula is C23H21BrClN3O2. The lowest BCUT2D eigenvalue weighted by molar-refractivity contribution is 0.0527.